The van der Waals surface area contributed by atoms with E-state index in [0.717, 1.165) is 11.8 Å². The van der Waals surface area contributed by atoms with E-state index in [1.807, 2.05) is 0 Å². The van der Waals surface area contributed by atoms with Gasteiger partial charge in [0.25, 0.3) is 5.91 Å². The molecule has 0 aliphatic carbocycles. The predicted molar refractivity (Wildman–Crippen MR) is 88.4 cm³/mol. The van der Waals surface area contributed by atoms with Gasteiger partial charge in [0.15, 0.2) is 9.84 Å². The standard InChI is InChI=1S/C17H17F2NO4S/c1-20(11-12-3-7-14(8-4-12)24-17(18)19)16(21)13-5-9-15(10-6-13)25(2,22)23/h3-10,17H,11H2,1-2H3. The number of ether oxygens (including phenoxy) is 1. The second-order valence-corrected chi connectivity index (χ2v) is 7.50. The molecule has 0 aliphatic heterocycles. The number of sulfone groups is 1. The molecule has 0 heterocycles. The number of amides is 1. The highest BCUT2D eigenvalue weighted by Gasteiger charge is 2.14. The molecule has 0 spiro atoms. The molecule has 8 heteroatoms. The van der Waals surface area contributed by atoms with Gasteiger partial charge in [-0.05, 0) is 42.0 Å². The minimum absolute atomic E-state index is 0.0455. The number of hydrogen-bond donors (Lipinski definition) is 0. The summed E-state index contributed by atoms with van der Waals surface area (Å²) in [5.41, 5.74) is 1.10. The van der Waals surface area contributed by atoms with Crippen molar-refractivity contribution in [2.75, 3.05) is 13.3 Å². The van der Waals surface area contributed by atoms with Crippen LogP contribution in [0.15, 0.2) is 53.4 Å². The van der Waals surface area contributed by atoms with Gasteiger partial charge in [0.1, 0.15) is 5.75 Å². The lowest BCUT2D eigenvalue weighted by molar-refractivity contribution is -0.0498. The summed E-state index contributed by atoms with van der Waals surface area (Å²) >= 11 is 0. The lowest BCUT2D eigenvalue weighted by atomic mass is 10.1. The van der Waals surface area contributed by atoms with Crippen LogP contribution >= 0.6 is 0 Å². The third-order valence-electron chi connectivity index (χ3n) is 3.44. The molecule has 2 rings (SSSR count). The molecular formula is C17H17F2NO4S. The fourth-order valence-electron chi connectivity index (χ4n) is 2.19. The van der Waals surface area contributed by atoms with Gasteiger partial charge in [0, 0.05) is 25.4 Å². The zero-order chi connectivity index (χ0) is 18.6. The van der Waals surface area contributed by atoms with Crippen molar-refractivity contribution in [3.8, 4) is 5.75 Å². The molecule has 0 saturated carbocycles. The molecule has 2 aromatic rings. The van der Waals surface area contributed by atoms with Gasteiger partial charge in [0.05, 0.1) is 4.90 Å². The minimum Gasteiger partial charge on any atom is -0.435 e. The quantitative estimate of drug-likeness (QED) is 0.785. The van der Waals surface area contributed by atoms with E-state index in [-0.39, 0.29) is 23.1 Å². The molecule has 5 nitrogen and oxygen atoms in total. The zero-order valence-electron chi connectivity index (χ0n) is 13.6. The van der Waals surface area contributed by atoms with Crippen LogP contribution < -0.4 is 4.74 Å². The Bertz CT molecular complexity index is 834. The molecule has 0 saturated heterocycles. The molecule has 0 bridgehead atoms. The highest BCUT2D eigenvalue weighted by molar-refractivity contribution is 7.90. The second-order valence-electron chi connectivity index (χ2n) is 5.48. The lowest BCUT2D eigenvalue weighted by Crippen LogP contribution is -2.26. The number of alkyl halides is 2. The van der Waals surface area contributed by atoms with Gasteiger partial charge >= 0.3 is 6.61 Å². The lowest BCUT2D eigenvalue weighted by Gasteiger charge is -2.18. The molecule has 1 amide bonds. The number of rotatable bonds is 6. The maximum absolute atomic E-state index is 12.4. The van der Waals surface area contributed by atoms with Crippen molar-refractivity contribution in [1.29, 1.82) is 0 Å². The van der Waals surface area contributed by atoms with Crippen LogP contribution in [0.25, 0.3) is 0 Å². The summed E-state index contributed by atoms with van der Waals surface area (Å²) in [5, 5.41) is 0. The first-order valence-electron chi connectivity index (χ1n) is 7.26. The molecule has 0 radical (unpaired) electrons. The van der Waals surface area contributed by atoms with Gasteiger partial charge in [-0.25, -0.2) is 8.42 Å². The van der Waals surface area contributed by atoms with Crippen molar-refractivity contribution in [2.24, 2.45) is 0 Å². The van der Waals surface area contributed by atoms with E-state index in [1.165, 1.54) is 41.3 Å². The Morgan fingerprint density at radius 3 is 2.12 bits per heavy atom. The van der Waals surface area contributed by atoms with E-state index in [0.29, 0.717) is 5.56 Å². The first-order valence-corrected chi connectivity index (χ1v) is 9.15. The van der Waals surface area contributed by atoms with Gasteiger partial charge < -0.3 is 9.64 Å². The molecule has 0 N–H and O–H groups in total. The summed E-state index contributed by atoms with van der Waals surface area (Å²) in [4.78, 5) is 14.0. The average Bonchev–Trinajstić information content (AvgIpc) is 2.55. The summed E-state index contributed by atoms with van der Waals surface area (Å²) in [6.07, 6.45) is 1.09. The number of carbonyl (C=O) groups is 1. The van der Waals surface area contributed by atoms with Crippen LogP contribution in [-0.2, 0) is 16.4 Å². The predicted octanol–water partition coefficient (Wildman–Crippen LogP) is 2.96. The first kappa shape index (κ1) is 18.9. The van der Waals surface area contributed by atoms with E-state index in [9.17, 15) is 22.0 Å². The van der Waals surface area contributed by atoms with Crippen LogP contribution in [0.4, 0.5) is 8.78 Å². The van der Waals surface area contributed by atoms with E-state index < -0.39 is 16.4 Å². The van der Waals surface area contributed by atoms with Crippen LogP contribution in [0.1, 0.15) is 15.9 Å². The Morgan fingerprint density at radius 2 is 1.64 bits per heavy atom. The fraction of sp³-hybridized carbons (Fsp3) is 0.235. The Morgan fingerprint density at radius 1 is 1.08 bits per heavy atom. The van der Waals surface area contributed by atoms with Gasteiger partial charge in [-0.15, -0.1) is 0 Å². The van der Waals surface area contributed by atoms with Crippen molar-refractivity contribution in [1.82, 2.24) is 4.90 Å². The molecule has 0 atom stereocenters. The fourth-order valence-corrected chi connectivity index (χ4v) is 2.82. The van der Waals surface area contributed by atoms with Crippen LogP contribution in [0, 0.1) is 0 Å². The zero-order valence-corrected chi connectivity index (χ0v) is 14.5. The van der Waals surface area contributed by atoms with Crippen molar-refractivity contribution in [3.05, 3.63) is 59.7 Å². The van der Waals surface area contributed by atoms with Crippen molar-refractivity contribution >= 4 is 15.7 Å². The monoisotopic (exact) mass is 369 g/mol. The van der Waals surface area contributed by atoms with Crippen molar-refractivity contribution in [3.63, 3.8) is 0 Å². The Kier molecular flexibility index (Phi) is 5.73. The van der Waals surface area contributed by atoms with E-state index in [2.05, 4.69) is 4.74 Å². The van der Waals surface area contributed by atoms with E-state index in [4.69, 9.17) is 0 Å². The van der Waals surface area contributed by atoms with Gasteiger partial charge in [-0.2, -0.15) is 8.78 Å². The number of hydrogen-bond acceptors (Lipinski definition) is 4. The Labute approximate surface area is 144 Å². The average molecular weight is 369 g/mol. The summed E-state index contributed by atoms with van der Waals surface area (Å²) in [5.74, 6) is -0.239. The number of benzene rings is 2. The topological polar surface area (TPSA) is 63.7 Å². The summed E-state index contributed by atoms with van der Waals surface area (Å²) in [6, 6.07) is 11.7. The highest BCUT2D eigenvalue weighted by Crippen LogP contribution is 2.17. The minimum atomic E-state index is -3.32. The van der Waals surface area contributed by atoms with E-state index in [1.54, 1.807) is 19.2 Å². The molecular weight excluding hydrogens is 352 g/mol. The maximum Gasteiger partial charge on any atom is 0.387 e. The number of carbonyl (C=O) groups excluding carboxylic acids is 1. The molecule has 0 fully saturated rings. The number of halogens is 2. The van der Waals surface area contributed by atoms with Crippen LogP contribution in [0.3, 0.4) is 0 Å². The van der Waals surface area contributed by atoms with E-state index >= 15 is 0 Å². The van der Waals surface area contributed by atoms with Crippen LogP contribution in [0.2, 0.25) is 0 Å². The molecule has 0 aromatic heterocycles. The molecule has 0 aliphatic rings. The first-order chi connectivity index (χ1) is 11.7. The molecule has 0 unspecified atom stereocenters. The molecule has 2 aromatic carbocycles. The molecule has 25 heavy (non-hydrogen) atoms. The van der Waals surface area contributed by atoms with Gasteiger partial charge in [-0.1, -0.05) is 12.1 Å². The summed E-state index contributed by atoms with van der Waals surface area (Å²) < 4.78 is 51.4. The van der Waals surface area contributed by atoms with Crippen LogP contribution in [0.5, 0.6) is 5.75 Å². The van der Waals surface area contributed by atoms with Gasteiger partial charge in [0.2, 0.25) is 0 Å². The Hall–Kier alpha value is -2.48. The SMILES string of the molecule is CN(Cc1ccc(OC(F)F)cc1)C(=O)c1ccc(S(C)(=O)=O)cc1. The maximum atomic E-state index is 12.4. The van der Waals surface area contributed by atoms with Gasteiger partial charge in [-0.3, -0.25) is 4.79 Å². The normalized spacial score (nSPS) is 11.4. The Balaban J connectivity index is 2.04. The van der Waals surface area contributed by atoms with Crippen LogP contribution in [-0.4, -0.2) is 39.1 Å². The second kappa shape index (κ2) is 7.60. The number of nitrogens with zero attached hydrogens (tertiary/aromatic N) is 1. The summed E-state index contributed by atoms with van der Waals surface area (Å²) in [6.45, 7) is -2.62. The highest BCUT2D eigenvalue weighted by atomic mass is 32.2. The van der Waals surface area contributed by atoms with Crippen molar-refractivity contribution in [2.45, 2.75) is 18.1 Å². The van der Waals surface area contributed by atoms with Crippen molar-refractivity contribution < 1.29 is 26.7 Å². The largest absolute Gasteiger partial charge is 0.435 e. The third kappa shape index (κ3) is 5.25. The smallest absolute Gasteiger partial charge is 0.387 e. The molecule has 134 valence electrons. The third-order valence-corrected chi connectivity index (χ3v) is 4.57. The summed E-state index contributed by atoms with van der Waals surface area (Å²) in [7, 11) is -1.72.